The van der Waals surface area contributed by atoms with Gasteiger partial charge < -0.3 is 14.2 Å². The third-order valence-corrected chi connectivity index (χ3v) is 6.21. The summed E-state index contributed by atoms with van der Waals surface area (Å²) in [4.78, 5) is 22.4. The first kappa shape index (κ1) is 18.9. The molecule has 0 bridgehead atoms. The summed E-state index contributed by atoms with van der Waals surface area (Å²) in [5, 5.41) is 0. The smallest absolute Gasteiger partial charge is 0.276 e. The summed E-state index contributed by atoms with van der Waals surface area (Å²) in [6.07, 6.45) is 4.21. The molecule has 0 N–H and O–H groups in total. The highest BCUT2D eigenvalue weighted by atomic mass is 16.4. The number of nitrogens with zero attached hydrogens (tertiary/aromatic N) is 3. The van der Waals surface area contributed by atoms with Crippen LogP contribution >= 0.6 is 0 Å². The fourth-order valence-corrected chi connectivity index (χ4v) is 4.29. The quantitative estimate of drug-likeness (QED) is 0.606. The lowest BCUT2D eigenvalue weighted by Crippen LogP contribution is -2.48. The van der Waals surface area contributed by atoms with E-state index in [2.05, 4.69) is 34.1 Å². The van der Waals surface area contributed by atoms with Gasteiger partial charge in [0.15, 0.2) is 5.69 Å². The number of hydrogen-bond donors (Lipinski definition) is 0. The summed E-state index contributed by atoms with van der Waals surface area (Å²) in [5.41, 5.74) is 2.62. The van der Waals surface area contributed by atoms with Crippen LogP contribution in [-0.2, 0) is 0 Å². The SMILES string of the molecule is CN(C(=O)c1nc(-c2ccccc2)oc1C1CC1)C1CCCN(c2ccccc2)C1. The fraction of sp³-hybridized carbons (Fsp3) is 0.360. The maximum absolute atomic E-state index is 13.5. The van der Waals surface area contributed by atoms with Gasteiger partial charge in [0.05, 0.1) is 0 Å². The fourth-order valence-electron chi connectivity index (χ4n) is 4.29. The molecule has 1 aliphatic carbocycles. The Hall–Kier alpha value is -3.08. The molecule has 2 fully saturated rings. The minimum absolute atomic E-state index is 0.0252. The maximum Gasteiger partial charge on any atom is 0.276 e. The van der Waals surface area contributed by atoms with Gasteiger partial charge in [-0.3, -0.25) is 4.79 Å². The van der Waals surface area contributed by atoms with Crippen LogP contribution in [0.15, 0.2) is 65.1 Å². The monoisotopic (exact) mass is 401 g/mol. The van der Waals surface area contributed by atoms with E-state index in [1.54, 1.807) is 0 Å². The van der Waals surface area contributed by atoms with E-state index in [0.717, 1.165) is 50.1 Å². The zero-order chi connectivity index (χ0) is 20.5. The van der Waals surface area contributed by atoms with E-state index in [1.807, 2.05) is 48.3 Å². The molecule has 2 heterocycles. The van der Waals surface area contributed by atoms with Gasteiger partial charge in [-0.05, 0) is 49.9 Å². The van der Waals surface area contributed by atoms with Crippen LogP contribution in [0.4, 0.5) is 5.69 Å². The number of carbonyl (C=O) groups excluding carboxylic acids is 1. The Kier molecular flexibility index (Phi) is 5.03. The summed E-state index contributed by atoms with van der Waals surface area (Å²) in [6.45, 7) is 1.87. The highest BCUT2D eigenvalue weighted by Crippen LogP contribution is 2.43. The molecule has 1 atom stereocenters. The summed E-state index contributed by atoms with van der Waals surface area (Å²) in [7, 11) is 1.91. The number of anilines is 1. The number of likely N-dealkylation sites (N-methyl/N-ethyl adjacent to an activating group) is 1. The van der Waals surface area contributed by atoms with Crippen molar-refractivity contribution < 1.29 is 9.21 Å². The molecule has 1 saturated carbocycles. The number of benzene rings is 2. The van der Waals surface area contributed by atoms with Crippen molar-refractivity contribution in [1.29, 1.82) is 0 Å². The molecule has 1 saturated heterocycles. The van der Waals surface area contributed by atoms with Crippen molar-refractivity contribution in [3.05, 3.63) is 72.1 Å². The average molecular weight is 402 g/mol. The van der Waals surface area contributed by atoms with E-state index in [1.165, 1.54) is 5.69 Å². The third kappa shape index (κ3) is 3.72. The third-order valence-electron chi connectivity index (χ3n) is 6.21. The maximum atomic E-state index is 13.5. The molecule has 5 heteroatoms. The minimum Gasteiger partial charge on any atom is -0.440 e. The highest BCUT2D eigenvalue weighted by molar-refractivity contribution is 5.94. The van der Waals surface area contributed by atoms with Crippen LogP contribution in [-0.4, -0.2) is 42.0 Å². The lowest BCUT2D eigenvalue weighted by atomic mass is 10.0. The van der Waals surface area contributed by atoms with Crippen molar-refractivity contribution >= 4 is 11.6 Å². The van der Waals surface area contributed by atoms with Gasteiger partial charge in [-0.25, -0.2) is 4.98 Å². The number of oxazole rings is 1. The van der Waals surface area contributed by atoms with Crippen LogP contribution in [0.3, 0.4) is 0 Å². The number of carbonyl (C=O) groups is 1. The second-order valence-corrected chi connectivity index (χ2v) is 8.37. The second-order valence-electron chi connectivity index (χ2n) is 8.37. The van der Waals surface area contributed by atoms with Gasteiger partial charge in [0.2, 0.25) is 5.89 Å². The Morgan fingerprint density at radius 3 is 2.43 bits per heavy atom. The molecular formula is C25H27N3O2. The standard InChI is InChI=1S/C25H27N3O2/c1-27(21-13-8-16-28(17-21)20-11-6-3-7-12-20)25(29)22-23(18-14-15-18)30-24(26-22)19-9-4-2-5-10-19/h2-7,9-12,18,21H,8,13-17H2,1H3. The summed E-state index contributed by atoms with van der Waals surface area (Å²) >= 11 is 0. The molecular weight excluding hydrogens is 374 g/mol. The second kappa shape index (κ2) is 7.98. The molecule has 1 aliphatic heterocycles. The molecule has 3 aromatic rings. The Labute approximate surface area is 177 Å². The molecule has 0 spiro atoms. The Bertz CT molecular complexity index is 1010. The molecule has 2 aliphatic rings. The van der Waals surface area contributed by atoms with Crippen molar-refractivity contribution in [2.24, 2.45) is 0 Å². The topological polar surface area (TPSA) is 49.6 Å². The van der Waals surface area contributed by atoms with Crippen molar-refractivity contribution in [1.82, 2.24) is 9.88 Å². The average Bonchev–Trinajstić information content (AvgIpc) is 3.57. The van der Waals surface area contributed by atoms with Gasteiger partial charge in [-0.15, -0.1) is 0 Å². The van der Waals surface area contributed by atoms with Gasteiger partial charge in [-0.1, -0.05) is 36.4 Å². The Morgan fingerprint density at radius 2 is 1.73 bits per heavy atom. The van der Waals surface area contributed by atoms with Crippen molar-refractivity contribution in [3.8, 4) is 11.5 Å². The molecule has 5 nitrogen and oxygen atoms in total. The minimum atomic E-state index is -0.0252. The Morgan fingerprint density at radius 1 is 1.03 bits per heavy atom. The first-order chi connectivity index (χ1) is 14.7. The first-order valence-electron chi connectivity index (χ1n) is 10.8. The summed E-state index contributed by atoms with van der Waals surface area (Å²) < 4.78 is 6.10. The molecule has 1 unspecified atom stereocenters. The van der Waals surface area contributed by atoms with E-state index in [9.17, 15) is 4.79 Å². The van der Waals surface area contributed by atoms with Crippen LogP contribution in [0.5, 0.6) is 0 Å². The molecule has 1 amide bonds. The molecule has 5 rings (SSSR count). The normalized spacial score (nSPS) is 19.0. The van der Waals surface area contributed by atoms with E-state index >= 15 is 0 Å². The largest absolute Gasteiger partial charge is 0.440 e. The molecule has 154 valence electrons. The predicted molar refractivity (Wildman–Crippen MR) is 118 cm³/mol. The van der Waals surface area contributed by atoms with Gasteiger partial charge in [0.25, 0.3) is 5.91 Å². The van der Waals surface area contributed by atoms with E-state index < -0.39 is 0 Å². The number of amides is 1. The van der Waals surface area contributed by atoms with Crippen LogP contribution in [0.2, 0.25) is 0 Å². The molecule has 2 aromatic carbocycles. The van der Waals surface area contributed by atoms with Crippen molar-refractivity contribution in [2.45, 2.75) is 37.6 Å². The van der Waals surface area contributed by atoms with Crippen LogP contribution in [0.25, 0.3) is 11.5 Å². The van der Waals surface area contributed by atoms with Crippen LogP contribution < -0.4 is 4.90 Å². The van der Waals surface area contributed by atoms with Crippen LogP contribution in [0, 0.1) is 0 Å². The summed E-state index contributed by atoms with van der Waals surface area (Å²) in [5.74, 6) is 1.61. The van der Waals surface area contributed by atoms with Gasteiger partial charge in [0, 0.05) is 43.3 Å². The van der Waals surface area contributed by atoms with Gasteiger partial charge >= 0.3 is 0 Å². The Balaban J connectivity index is 1.38. The van der Waals surface area contributed by atoms with Gasteiger partial charge in [0.1, 0.15) is 5.76 Å². The summed E-state index contributed by atoms with van der Waals surface area (Å²) in [6, 6.07) is 20.4. The predicted octanol–water partition coefficient (Wildman–Crippen LogP) is 4.96. The van der Waals surface area contributed by atoms with Gasteiger partial charge in [-0.2, -0.15) is 0 Å². The first-order valence-corrected chi connectivity index (χ1v) is 10.8. The lowest BCUT2D eigenvalue weighted by Gasteiger charge is -2.38. The lowest BCUT2D eigenvalue weighted by molar-refractivity contribution is 0.0710. The van der Waals surface area contributed by atoms with Crippen LogP contribution in [0.1, 0.15) is 47.8 Å². The number of rotatable bonds is 5. The number of piperidine rings is 1. The number of hydrogen-bond acceptors (Lipinski definition) is 4. The van der Waals surface area contributed by atoms with E-state index in [0.29, 0.717) is 17.5 Å². The zero-order valence-corrected chi connectivity index (χ0v) is 17.3. The highest BCUT2D eigenvalue weighted by Gasteiger charge is 2.36. The van der Waals surface area contributed by atoms with E-state index in [4.69, 9.17) is 4.42 Å². The molecule has 1 aromatic heterocycles. The number of aromatic nitrogens is 1. The number of para-hydroxylation sites is 1. The van der Waals surface area contributed by atoms with Crippen molar-refractivity contribution in [3.63, 3.8) is 0 Å². The van der Waals surface area contributed by atoms with Crippen molar-refractivity contribution in [2.75, 3.05) is 25.0 Å². The molecule has 0 radical (unpaired) electrons. The zero-order valence-electron chi connectivity index (χ0n) is 17.3. The van der Waals surface area contributed by atoms with E-state index in [-0.39, 0.29) is 11.9 Å². The molecule has 30 heavy (non-hydrogen) atoms.